The normalized spacial score (nSPS) is 19.7. The maximum absolute atomic E-state index is 12.1. The van der Waals surface area contributed by atoms with Crippen LogP contribution in [0.25, 0.3) is 11.3 Å². The maximum atomic E-state index is 12.1. The molecule has 1 aliphatic heterocycles. The van der Waals surface area contributed by atoms with E-state index in [1.807, 2.05) is 23.6 Å². The summed E-state index contributed by atoms with van der Waals surface area (Å²) in [4.78, 5) is 30.0. The molecule has 0 unspecified atom stereocenters. The second-order valence-electron chi connectivity index (χ2n) is 6.14. The van der Waals surface area contributed by atoms with Crippen molar-refractivity contribution in [3.05, 3.63) is 23.6 Å². The molecule has 24 heavy (non-hydrogen) atoms. The van der Waals surface area contributed by atoms with E-state index < -0.39 is 6.10 Å². The molecule has 0 radical (unpaired) electrons. The molecule has 0 bridgehead atoms. The fourth-order valence-corrected chi connectivity index (χ4v) is 3.41. The molecule has 4 rings (SSSR count). The molecule has 2 aromatic rings. The summed E-state index contributed by atoms with van der Waals surface area (Å²) in [6, 6.07) is 5.66. The minimum Gasteiger partial charge on any atom is -0.479 e. The molecule has 1 aromatic carbocycles. The number of carbonyl (C=O) groups is 2. The molecule has 2 amide bonds. The van der Waals surface area contributed by atoms with E-state index in [1.54, 1.807) is 18.9 Å². The number of ether oxygens (including phenoxy) is 1. The van der Waals surface area contributed by atoms with Crippen molar-refractivity contribution in [1.29, 1.82) is 0 Å². The molecule has 124 valence electrons. The first-order valence-corrected chi connectivity index (χ1v) is 8.76. The van der Waals surface area contributed by atoms with Crippen LogP contribution in [0.1, 0.15) is 19.8 Å². The van der Waals surface area contributed by atoms with E-state index in [9.17, 15) is 9.59 Å². The number of thiazole rings is 1. The first-order chi connectivity index (χ1) is 11.5. The Balaban J connectivity index is 1.60. The molecule has 1 aromatic heterocycles. The van der Waals surface area contributed by atoms with Crippen LogP contribution in [-0.4, -0.2) is 29.9 Å². The first-order valence-electron chi connectivity index (χ1n) is 7.88. The number of anilines is 2. The number of amides is 2. The van der Waals surface area contributed by atoms with Crippen LogP contribution in [0.5, 0.6) is 5.75 Å². The monoisotopic (exact) mass is 343 g/mol. The summed E-state index contributed by atoms with van der Waals surface area (Å²) in [5.74, 6) is 0.815. The van der Waals surface area contributed by atoms with Gasteiger partial charge in [0.2, 0.25) is 5.91 Å². The van der Waals surface area contributed by atoms with Gasteiger partial charge in [-0.3, -0.25) is 9.59 Å². The standard InChI is InChI=1S/C17H17N3O3S/c1-9-16(22)20(2)13-7-11(5-6-14(13)23-9)12-8-24-17(18-12)19-15(21)10-3-4-10/h5-10H,3-4H2,1-2H3,(H,18,19,21)/t9-/m1/s1. The second kappa shape index (κ2) is 5.59. The smallest absolute Gasteiger partial charge is 0.267 e. The number of likely N-dealkylation sites (N-methyl/N-ethyl adjacent to an activating group) is 1. The Morgan fingerprint density at radius 3 is 2.96 bits per heavy atom. The van der Waals surface area contributed by atoms with Gasteiger partial charge in [0.25, 0.3) is 5.91 Å². The SMILES string of the molecule is C[C@H]1Oc2ccc(-c3csc(NC(=O)C4CC4)n3)cc2N(C)C1=O. The third-order valence-corrected chi connectivity index (χ3v) is 5.04. The number of hydrogen-bond donors (Lipinski definition) is 1. The zero-order chi connectivity index (χ0) is 16.8. The second-order valence-corrected chi connectivity index (χ2v) is 7.00. The average molecular weight is 343 g/mol. The van der Waals surface area contributed by atoms with Crippen molar-refractivity contribution in [3.8, 4) is 17.0 Å². The number of benzene rings is 1. The highest BCUT2D eigenvalue weighted by atomic mass is 32.1. The lowest BCUT2D eigenvalue weighted by Crippen LogP contribution is -2.41. The summed E-state index contributed by atoms with van der Waals surface area (Å²) >= 11 is 1.40. The van der Waals surface area contributed by atoms with E-state index in [2.05, 4.69) is 10.3 Å². The van der Waals surface area contributed by atoms with E-state index in [0.717, 1.165) is 29.8 Å². The third-order valence-electron chi connectivity index (χ3n) is 4.28. The van der Waals surface area contributed by atoms with E-state index in [1.165, 1.54) is 11.3 Å². The van der Waals surface area contributed by atoms with Crippen molar-refractivity contribution in [1.82, 2.24) is 4.98 Å². The van der Waals surface area contributed by atoms with Crippen LogP contribution in [0.15, 0.2) is 23.6 Å². The highest BCUT2D eigenvalue weighted by Gasteiger charge is 2.31. The lowest BCUT2D eigenvalue weighted by molar-refractivity contribution is -0.125. The van der Waals surface area contributed by atoms with Gasteiger partial charge in [0.15, 0.2) is 11.2 Å². The van der Waals surface area contributed by atoms with Crippen molar-refractivity contribution < 1.29 is 14.3 Å². The van der Waals surface area contributed by atoms with Gasteiger partial charge in [-0.05, 0) is 38.0 Å². The Kier molecular flexibility index (Phi) is 3.53. The Bertz CT molecular complexity index is 828. The molecular weight excluding hydrogens is 326 g/mol. The summed E-state index contributed by atoms with van der Waals surface area (Å²) in [5, 5.41) is 5.36. The van der Waals surface area contributed by atoms with Crippen LogP contribution < -0.4 is 15.0 Å². The Morgan fingerprint density at radius 2 is 2.21 bits per heavy atom. The predicted molar refractivity (Wildman–Crippen MR) is 92.4 cm³/mol. The largest absolute Gasteiger partial charge is 0.479 e. The average Bonchev–Trinajstić information content (AvgIpc) is 3.33. The summed E-state index contributed by atoms with van der Waals surface area (Å²) in [6.07, 6.45) is 1.46. The van der Waals surface area contributed by atoms with Gasteiger partial charge in [-0.2, -0.15) is 0 Å². The van der Waals surface area contributed by atoms with Crippen molar-refractivity contribution >= 4 is 34.0 Å². The number of nitrogens with one attached hydrogen (secondary N) is 1. The Hall–Kier alpha value is -2.41. The van der Waals surface area contributed by atoms with E-state index in [4.69, 9.17) is 4.74 Å². The molecular formula is C17H17N3O3S. The fraction of sp³-hybridized carbons (Fsp3) is 0.353. The zero-order valence-electron chi connectivity index (χ0n) is 13.4. The minimum atomic E-state index is -0.475. The molecule has 1 fully saturated rings. The van der Waals surface area contributed by atoms with Gasteiger partial charge in [-0.15, -0.1) is 11.3 Å². The number of carbonyl (C=O) groups excluding carboxylic acids is 2. The van der Waals surface area contributed by atoms with Crippen molar-refractivity contribution in [2.75, 3.05) is 17.3 Å². The molecule has 1 saturated carbocycles. The van der Waals surface area contributed by atoms with Crippen molar-refractivity contribution in [3.63, 3.8) is 0 Å². The maximum Gasteiger partial charge on any atom is 0.267 e. The topological polar surface area (TPSA) is 71.5 Å². The quantitative estimate of drug-likeness (QED) is 0.930. The van der Waals surface area contributed by atoms with Crippen LogP contribution >= 0.6 is 11.3 Å². The van der Waals surface area contributed by atoms with Crippen LogP contribution in [0.4, 0.5) is 10.8 Å². The van der Waals surface area contributed by atoms with Crippen LogP contribution in [0.3, 0.4) is 0 Å². The number of hydrogen-bond acceptors (Lipinski definition) is 5. The lowest BCUT2D eigenvalue weighted by Gasteiger charge is -2.30. The van der Waals surface area contributed by atoms with Gasteiger partial charge in [0, 0.05) is 23.9 Å². The van der Waals surface area contributed by atoms with E-state index in [-0.39, 0.29) is 17.7 Å². The molecule has 2 aliphatic rings. The van der Waals surface area contributed by atoms with Gasteiger partial charge in [-0.25, -0.2) is 4.98 Å². The molecule has 6 nitrogen and oxygen atoms in total. The molecule has 1 N–H and O–H groups in total. The van der Waals surface area contributed by atoms with Crippen LogP contribution in [0, 0.1) is 5.92 Å². The number of aromatic nitrogens is 1. The fourth-order valence-electron chi connectivity index (χ4n) is 2.69. The van der Waals surface area contributed by atoms with Gasteiger partial charge in [0.1, 0.15) is 5.75 Å². The molecule has 7 heteroatoms. The minimum absolute atomic E-state index is 0.0501. The van der Waals surface area contributed by atoms with Crippen molar-refractivity contribution in [2.24, 2.45) is 5.92 Å². The van der Waals surface area contributed by atoms with Crippen LogP contribution in [0.2, 0.25) is 0 Å². The van der Waals surface area contributed by atoms with Gasteiger partial charge in [0.05, 0.1) is 11.4 Å². The summed E-state index contributed by atoms with van der Waals surface area (Å²) < 4.78 is 5.63. The number of nitrogens with zero attached hydrogens (tertiary/aromatic N) is 2. The molecule has 0 saturated heterocycles. The third kappa shape index (κ3) is 2.65. The molecule has 2 heterocycles. The van der Waals surface area contributed by atoms with Gasteiger partial charge < -0.3 is 15.0 Å². The summed E-state index contributed by atoms with van der Waals surface area (Å²) in [7, 11) is 1.74. The Labute approximate surface area is 143 Å². The first kappa shape index (κ1) is 15.1. The molecule has 1 atom stereocenters. The highest BCUT2D eigenvalue weighted by molar-refractivity contribution is 7.14. The molecule has 1 aliphatic carbocycles. The zero-order valence-corrected chi connectivity index (χ0v) is 14.2. The van der Waals surface area contributed by atoms with E-state index >= 15 is 0 Å². The summed E-state index contributed by atoms with van der Waals surface area (Å²) in [6.45, 7) is 1.74. The highest BCUT2D eigenvalue weighted by Crippen LogP contribution is 2.37. The molecule has 0 spiro atoms. The summed E-state index contributed by atoms with van der Waals surface area (Å²) in [5.41, 5.74) is 2.38. The predicted octanol–water partition coefficient (Wildman–Crippen LogP) is 2.90. The van der Waals surface area contributed by atoms with Gasteiger partial charge in [-0.1, -0.05) is 0 Å². The number of fused-ring (bicyclic) bond motifs is 1. The Morgan fingerprint density at radius 1 is 1.42 bits per heavy atom. The van der Waals surface area contributed by atoms with E-state index in [0.29, 0.717) is 10.9 Å². The van der Waals surface area contributed by atoms with Gasteiger partial charge >= 0.3 is 0 Å². The van der Waals surface area contributed by atoms with Crippen LogP contribution in [-0.2, 0) is 9.59 Å². The van der Waals surface area contributed by atoms with Crippen molar-refractivity contribution in [2.45, 2.75) is 25.9 Å². The lowest BCUT2D eigenvalue weighted by atomic mass is 10.1. The number of rotatable bonds is 3.